The number of aryl methyl sites for hydroxylation is 1. The predicted octanol–water partition coefficient (Wildman–Crippen LogP) is 5.10. The van der Waals surface area contributed by atoms with Gasteiger partial charge in [-0.15, -0.1) is 11.3 Å². The largest absolute Gasteiger partial charge is 0.461 e. The lowest BCUT2D eigenvalue weighted by atomic mass is 10.1. The number of allylic oxidation sites excluding steroid dienone is 6. The van der Waals surface area contributed by atoms with Gasteiger partial charge in [-0.1, -0.05) is 47.1 Å². The summed E-state index contributed by atoms with van der Waals surface area (Å²) in [5, 5.41) is 2.91. The summed E-state index contributed by atoms with van der Waals surface area (Å²) in [6.45, 7) is 8.71. The highest BCUT2D eigenvalue weighted by atomic mass is 32.1. The first-order chi connectivity index (χ1) is 18.0. The molecule has 1 aromatic rings. The standard InChI is InChI=1S/C30H43N3O4S/c1-21(15-16-33(5)6)13-14-23(3)18-26-19-28-32-25(20-38-28)10-8-11-27(31)30(35)36-24(4)17-22(2)9-7-12-29(34)37-26/h7,9,12-15,18,20,24,26-27H,8,10-11,16-17,19,31H2,1-6H3/b12-7-,14-13+,21-15+,22-9+,23-18+/t24?,26?,27-/m0/s1. The van der Waals surface area contributed by atoms with Crippen molar-refractivity contribution in [2.75, 3.05) is 20.6 Å². The molecule has 2 rings (SSSR count). The van der Waals surface area contributed by atoms with E-state index in [1.807, 2.05) is 58.5 Å². The fraction of sp³-hybridized carbons (Fsp3) is 0.500. The van der Waals surface area contributed by atoms with E-state index in [4.69, 9.17) is 20.2 Å². The number of carbonyl (C=O) groups is 2. The number of ether oxygens (including phenoxy) is 2. The number of carbonyl (C=O) groups excluding carboxylic acids is 2. The number of nitrogens with two attached hydrogens (primary N) is 1. The Balaban J connectivity index is 2.24. The van der Waals surface area contributed by atoms with E-state index in [1.54, 1.807) is 17.4 Å². The van der Waals surface area contributed by atoms with Crippen LogP contribution in [-0.4, -0.2) is 60.7 Å². The number of esters is 2. The molecule has 1 aromatic heterocycles. The van der Waals surface area contributed by atoms with Crippen molar-refractivity contribution >= 4 is 23.3 Å². The summed E-state index contributed by atoms with van der Waals surface area (Å²) in [5.41, 5.74) is 10.2. The molecule has 208 valence electrons. The molecule has 0 saturated heterocycles. The molecule has 7 nitrogen and oxygen atoms in total. The van der Waals surface area contributed by atoms with Gasteiger partial charge in [0.1, 0.15) is 18.2 Å². The van der Waals surface area contributed by atoms with E-state index in [2.05, 4.69) is 24.0 Å². The Hall–Kier alpha value is -2.81. The van der Waals surface area contributed by atoms with Gasteiger partial charge in [0.15, 0.2) is 0 Å². The molecule has 2 bridgehead atoms. The van der Waals surface area contributed by atoms with Crippen LogP contribution in [0.1, 0.15) is 57.7 Å². The van der Waals surface area contributed by atoms with Gasteiger partial charge >= 0.3 is 11.9 Å². The highest BCUT2D eigenvalue weighted by Gasteiger charge is 2.19. The number of hydrogen-bond donors (Lipinski definition) is 1. The zero-order valence-corrected chi connectivity index (χ0v) is 24.4. The van der Waals surface area contributed by atoms with Crippen LogP contribution in [0.4, 0.5) is 0 Å². The Bertz CT molecular complexity index is 1080. The molecule has 0 spiro atoms. The zero-order valence-electron chi connectivity index (χ0n) is 23.6. The van der Waals surface area contributed by atoms with E-state index >= 15 is 0 Å². The van der Waals surface area contributed by atoms with Gasteiger partial charge in [-0.25, -0.2) is 9.78 Å². The summed E-state index contributed by atoms with van der Waals surface area (Å²) in [4.78, 5) is 31.8. The maximum atomic E-state index is 12.6. The molecular formula is C30H43N3O4S. The number of aromatic nitrogens is 1. The fourth-order valence-corrected chi connectivity index (χ4v) is 4.69. The van der Waals surface area contributed by atoms with Crippen LogP contribution in [0.25, 0.3) is 0 Å². The van der Waals surface area contributed by atoms with E-state index < -0.39 is 18.1 Å². The second-order valence-electron chi connectivity index (χ2n) is 10.2. The third-order valence-electron chi connectivity index (χ3n) is 5.87. The molecule has 0 radical (unpaired) electrons. The quantitative estimate of drug-likeness (QED) is 0.410. The van der Waals surface area contributed by atoms with Crippen LogP contribution in [0.5, 0.6) is 0 Å². The molecule has 0 amide bonds. The van der Waals surface area contributed by atoms with Crippen LogP contribution in [0.15, 0.2) is 64.6 Å². The molecule has 2 heterocycles. The minimum absolute atomic E-state index is 0.305. The summed E-state index contributed by atoms with van der Waals surface area (Å²) in [6, 6.07) is -0.653. The monoisotopic (exact) mass is 541 g/mol. The SMILES string of the molecule is CC(/C=C/C(C)=C/C1Cc2nc(cs2)CCC[C@H](N)C(=O)OC(C)C/C(C)=C/C=C\C(=O)O1)=C\CN(C)C. The lowest BCUT2D eigenvalue weighted by Crippen LogP contribution is -2.34. The van der Waals surface area contributed by atoms with E-state index in [0.717, 1.165) is 41.2 Å². The molecule has 2 unspecified atom stereocenters. The lowest BCUT2D eigenvalue weighted by molar-refractivity contribution is -0.150. The Kier molecular flexibility index (Phi) is 13.4. The molecule has 1 aliphatic heterocycles. The first-order valence-electron chi connectivity index (χ1n) is 13.1. The van der Waals surface area contributed by atoms with Crippen molar-refractivity contribution in [3.63, 3.8) is 0 Å². The molecule has 0 aliphatic carbocycles. The van der Waals surface area contributed by atoms with Gasteiger partial charge in [-0.05, 0) is 67.1 Å². The predicted molar refractivity (Wildman–Crippen MR) is 155 cm³/mol. The first-order valence-corrected chi connectivity index (χ1v) is 14.0. The van der Waals surface area contributed by atoms with Crippen LogP contribution in [0.3, 0.4) is 0 Å². The number of rotatable bonds is 5. The van der Waals surface area contributed by atoms with Crippen LogP contribution in [-0.2, 0) is 31.9 Å². The number of fused-ring (bicyclic) bond motifs is 2. The molecule has 0 saturated carbocycles. The summed E-state index contributed by atoms with van der Waals surface area (Å²) < 4.78 is 11.3. The van der Waals surface area contributed by atoms with Crippen LogP contribution >= 0.6 is 11.3 Å². The molecule has 2 N–H and O–H groups in total. The molecule has 38 heavy (non-hydrogen) atoms. The Morgan fingerprint density at radius 2 is 1.92 bits per heavy atom. The normalized spacial score (nSPS) is 25.7. The van der Waals surface area contributed by atoms with Crippen molar-refractivity contribution in [2.24, 2.45) is 5.73 Å². The third-order valence-corrected chi connectivity index (χ3v) is 6.79. The van der Waals surface area contributed by atoms with Gasteiger partial charge in [0.25, 0.3) is 0 Å². The van der Waals surface area contributed by atoms with Crippen molar-refractivity contribution in [3.8, 4) is 0 Å². The van der Waals surface area contributed by atoms with E-state index in [1.165, 1.54) is 11.6 Å². The van der Waals surface area contributed by atoms with Crippen LogP contribution < -0.4 is 5.73 Å². The minimum Gasteiger partial charge on any atom is -0.461 e. The smallest absolute Gasteiger partial charge is 0.331 e. The molecular weight excluding hydrogens is 498 g/mol. The number of thiazole rings is 1. The van der Waals surface area contributed by atoms with Crippen molar-refractivity contribution in [1.29, 1.82) is 0 Å². The van der Waals surface area contributed by atoms with Crippen molar-refractivity contribution in [1.82, 2.24) is 9.88 Å². The van der Waals surface area contributed by atoms with Gasteiger partial charge < -0.3 is 20.1 Å². The van der Waals surface area contributed by atoms with Crippen molar-refractivity contribution in [3.05, 3.63) is 75.3 Å². The van der Waals surface area contributed by atoms with Gasteiger partial charge in [0, 0.05) is 30.8 Å². The summed E-state index contributed by atoms with van der Waals surface area (Å²) in [7, 11) is 4.07. The average Bonchev–Trinajstić information content (AvgIpc) is 3.27. The summed E-state index contributed by atoms with van der Waals surface area (Å²) >= 11 is 1.55. The molecule has 0 fully saturated rings. The maximum absolute atomic E-state index is 12.6. The summed E-state index contributed by atoms with van der Waals surface area (Å²) in [6.07, 6.45) is 15.4. The second-order valence-corrected chi connectivity index (χ2v) is 11.1. The maximum Gasteiger partial charge on any atom is 0.331 e. The molecule has 3 atom stereocenters. The van der Waals surface area contributed by atoms with Gasteiger partial charge in [-0.2, -0.15) is 0 Å². The topological polar surface area (TPSA) is 94.8 Å². The Morgan fingerprint density at radius 3 is 2.66 bits per heavy atom. The van der Waals surface area contributed by atoms with Crippen LogP contribution in [0, 0.1) is 0 Å². The van der Waals surface area contributed by atoms with Gasteiger partial charge in [0.2, 0.25) is 0 Å². The van der Waals surface area contributed by atoms with E-state index in [0.29, 0.717) is 19.3 Å². The van der Waals surface area contributed by atoms with Crippen molar-refractivity contribution < 1.29 is 19.1 Å². The van der Waals surface area contributed by atoms with Gasteiger partial charge in [0.05, 0.1) is 10.7 Å². The molecule has 8 heteroatoms. The first kappa shape index (κ1) is 31.4. The number of nitrogens with zero attached hydrogens (tertiary/aromatic N) is 2. The Morgan fingerprint density at radius 1 is 1.18 bits per heavy atom. The average molecular weight is 542 g/mol. The van der Waals surface area contributed by atoms with E-state index in [9.17, 15) is 9.59 Å². The Labute approximate surface area is 231 Å². The van der Waals surface area contributed by atoms with Crippen LogP contribution in [0.2, 0.25) is 0 Å². The number of likely N-dealkylation sites (N-methyl/N-ethyl adjacent to an activating group) is 1. The highest BCUT2D eigenvalue weighted by Crippen LogP contribution is 2.18. The fourth-order valence-electron chi connectivity index (χ4n) is 3.82. The van der Waals surface area contributed by atoms with E-state index in [-0.39, 0.29) is 12.1 Å². The second kappa shape index (κ2) is 16.2. The lowest BCUT2D eigenvalue weighted by Gasteiger charge is -2.17. The highest BCUT2D eigenvalue weighted by molar-refractivity contribution is 7.09. The summed E-state index contributed by atoms with van der Waals surface area (Å²) in [5.74, 6) is -0.807. The number of cyclic esters (lactones) is 2. The zero-order chi connectivity index (χ0) is 28.1. The van der Waals surface area contributed by atoms with Crippen molar-refractivity contribution in [2.45, 2.75) is 78.0 Å². The third kappa shape index (κ3) is 12.6. The number of hydrogen-bond acceptors (Lipinski definition) is 8. The molecule has 1 aliphatic rings. The molecule has 0 aromatic carbocycles. The van der Waals surface area contributed by atoms with Gasteiger partial charge in [-0.3, -0.25) is 4.79 Å². The minimum atomic E-state index is -0.653.